The quantitative estimate of drug-likeness (QED) is 0.373. The molecule has 4 heteroatoms. The number of halogens is 1. The molecule has 0 bridgehead atoms. The number of carbonyl (C=O) groups excluding carboxylic acids is 1. The van der Waals surface area contributed by atoms with Gasteiger partial charge in [0, 0.05) is 0 Å². The number of amides is 1. The first-order valence-electron chi connectivity index (χ1n) is 7.97. The molecule has 0 aliphatic carbocycles. The van der Waals surface area contributed by atoms with E-state index in [0.29, 0.717) is 12.4 Å². The Morgan fingerprint density at radius 1 is 1.08 bits per heavy atom. The molecule has 0 atom stereocenters. The maximum atomic E-state index is 12.5. The average Bonchev–Trinajstić information content (AvgIpc) is 2.61. The van der Waals surface area contributed by atoms with Crippen LogP contribution in [0.1, 0.15) is 18.4 Å². The molecule has 0 aliphatic heterocycles. The third-order valence-corrected chi connectivity index (χ3v) is 6.03. The van der Waals surface area contributed by atoms with Crippen molar-refractivity contribution in [2.45, 2.75) is 19.4 Å². The molecule has 2 aromatic carbocycles. The number of carbonyl (C=O) groups is 1. The summed E-state index contributed by atoms with van der Waals surface area (Å²) in [6, 6.07) is 20.4. The van der Waals surface area contributed by atoms with Crippen LogP contribution in [0.4, 0.5) is 0 Å². The van der Waals surface area contributed by atoms with E-state index < -0.39 is 0 Å². The van der Waals surface area contributed by atoms with Crippen molar-refractivity contribution in [3.8, 4) is 0 Å². The summed E-state index contributed by atoms with van der Waals surface area (Å²) < 4.78 is 2.48. The Bertz CT molecular complexity index is 658. The molecule has 0 spiro atoms. The van der Waals surface area contributed by atoms with Gasteiger partial charge in [-0.15, -0.1) is 0 Å². The summed E-state index contributed by atoms with van der Waals surface area (Å²) in [5.41, 5.74) is 1.14. The van der Waals surface area contributed by atoms with Crippen LogP contribution in [0.15, 0.2) is 71.2 Å². The second kappa shape index (κ2) is 10.4. The van der Waals surface area contributed by atoms with Gasteiger partial charge < -0.3 is 0 Å². The van der Waals surface area contributed by atoms with Crippen LogP contribution in [0.5, 0.6) is 0 Å². The third kappa shape index (κ3) is 6.52. The number of nitrogens with zero attached hydrogens (tertiary/aromatic N) is 1. The van der Waals surface area contributed by atoms with Crippen LogP contribution in [0.25, 0.3) is 0 Å². The van der Waals surface area contributed by atoms with Crippen LogP contribution in [-0.4, -0.2) is 38.7 Å². The summed E-state index contributed by atoms with van der Waals surface area (Å²) >= 11 is 6.00. The van der Waals surface area contributed by atoms with Crippen molar-refractivity contribution in [1.29, 1.82) is 0 Å². The minimum absolute atomic E-state index is 0.0567. The maximum absolute atomic E-state index is 12.5. The molecule has 0 heterocycles. The standard InChI is InChI=1S/C20H22ClNOSe/c1-22(16-17-9-4-2-5-10-17)20(23)15-19(13-8-14-21)24-18-11-6-3-7-12-18/h2-7,9-12,15H,8,13-14,16H2,1H3/b19-15+. The molecule has 0 saturated carbocycles. The Morgan fingerprint density at radius 2 is 1.71 bits per heavy atom. The topological polar surface area (TPSA) is 20.3 Å². The van der Waals surface area contributed by atoms with E-state index in [0.717, 1.165) is 18.4 Å². The molecule has 0 aromatic heterocycles. The zero-order valence-electron chi connectivity index (χ0n) is 13.8. The van der Waals surface area contributed by atoms with Crippen LogP contribution in [0.2, 0.25) is 0 Å². The van der Waals surface area contributed by atoms with Gasteiger partial charge in [0.25, 0.3) is 0 Å². The molecular formula is C20H22ClNOSe. The normalized spacial score (nSPS) is 11.3. The average molecular weight is 407 g/mol. The second-order valence-corrected chi connectivity index (χ2v) is 8.39. The SMILES string of the molecule is CN(Cc1ccccc1)C(=O)/C=C(\CCCCl)[Se]c1ccccc1. The summed E-state index contributed by atoms with van der Waals surface area (Å²) in [5, 5.41) is 0. The molecule has 2 nitrogen and oxygen atoms in total. The molecular weight excluding hydrogens is 385 g/mol. The molecule has 0 N–H and O–H groups in total. The van der Waals surface area contributed by atoms with Crippen LogP contribution in [0, 0.1) is 0 Å². The van der Waals surface area contributed by atoms with Gasteiger partial charge in [-0.25, -0.2) is 0 Å². The Hall–Kier alpha value is -1.54. The Labute approximate surface area is 155 Å². The van der Waals surface area contributed by atoms with Gasteiger partial charge in [-0.05, 0) is 0 Å². The minimum atomic E-state index is 0.0567. The van der Waals surface area contributed by atoms with Crippen molar-refractivity contribution in [2.75, 3.05) is 12.9 Å². The Kier molecular flexibility index (Phi) is 8.10. The summed E-state index contributed by atoms with van der Waals surface area (Å²) in [5.74, 6) is 0.678. The van der Waals surface area contributed by atoms with Crippen LogP contribution < -0.4 is 4.46 Å². The van der Waals surface area contributed by atoms with Gasteiger partial charge in [0.05, 0.1) is 0 Å². The van der Waals surface area contributed by atoms with Crippen LogP contribution in [-0.2, 0) is 11.3 Å². The predicted molar refractivity (Wildman–Crippen MR) is 103 cm³/mol. The molecule has 1 amide bonds. The second-order valence-electron chi connectivity index (χ2n) is 5.50. The number of allylic oxidation sites excluding steroid dienone is 1. The van der Waals surface area contributed by atoms with Crippen molar-refractivity contribution in [2.24, 2.45) is 0 Å². The third-order valence-electron chi connectivity index (χ3n) is 3.47. The summed E-state index contributed by atoms with van der Waals surface area (Å²) in [6.07, 6.45) is 3.59. The fourth-order valence-electron chi connectivity index (χ4n) is 2.22. The van der Waals surface area contributed by atoms with Crippen molar-refractivity contribution < 1.29 is 4.79 Å². The van der Waals surface area contributed by atoms with Gasteiger partial charge in [-0.2, -0.15) is 0 Å². The van der Waals surface area contributed by atoms with Crippen LogP contribution in [0.3, 0.4) is 0 Å². The number of alkyl halides is 1. The fourth-order valence-corrected chi connectivity index (χ4v) is 4.45. The fraction of sp³-hybridized carbons (Fsp3) is 0.250. The van der Waals surface area contributed by atoms with Crippen molar-refractivity contribution >= 4 is 36.9 Å². The van der Waals surface area contributed by atoms with Gasteiger partial charge in [0.15, 0.2) is 0 Å². The number of benzene rings is 2. The van der Waals surface area contributed by atoms with E-state index in [1.54, 1.807) is 4.90 Å². The Morgan fingerprint density at radius 3 is 2.33 bits per heavy atom. The van der Waals surface area contributed by atoms with E-state index in [4.69, 9.17) is 11.6 Å². The molecule has 2 aromatic rings. The Balaban J connectivity index is 2.04. The van der Waals surface area contributed by atoms with Gasteiger partial charge in [-0.3, -0.25) is 0 Å². The number of hydrogen-bond donors (Lipinski definition) is 0. The van der Waals surface area contributed by atoms with Crippen molar-refractivity contribution in [3.63, 3.8) is 0 Å². The molecule has 0 aliphatic rings. The van der Waals surface area contributed by atoms with Gasteiger partial charge in [0.2, 0.25) is 0 Å². The number of hydrogen-bond acceptors (Lipinski definition) is 1. The molecule has 2 rings (SSSR count). The zero-order valence-corrected chi connectivity index (χ0v) is 16.3. The first kappa shape index (κ1) is 18.8. The van der Waals surface area contributed by atoms with Crippen molar-refractivity contribution in [1.82, 2.24) is 4.90 Å². The first-order chi connectivity index (χ1) is 11.7. The van der Waals surface area contributed by atoms with E-state index in [9.17, 15) is 4.79 Å². The molecule has 126 valence electrons. The molecule has 0 saturated heterocycles. The number of rotatable bonds is 8. The molecule has 0 fully saturated rings. The monoisotopic (exact) mass is 407 g/mol. The summed E-state index contributed by atoms with van der Waals surface area (Å²) in [4.78, 5) is 14.3. The molecule has 24 heavy (non-hydrogen) atoms. The molecule has 0 unspecified atom stereocenters. The zero-order chi connectivity index (χ0) is 17.2. The summed E-state index contributed by atoms with van der Waals surface area (Å²) in [7, 11) is 1.85. The van der Waals surface area contributed by atoms with E-state index in [1.165, 1.54) is 8.93 Å². The van der Waals surface area contributed by atoms with E-state index in [1.807, 2.05) is 61.7 Å². The van der Waals surface area contributed by atoms with Gasteiger partial charge in [-0.1, -0.05) is 0 Å². The summed E-state index contributed by atoms with van der Waals surface area (Å²) in [6.45, 7) is 0.622. The van der Waals surface area contributed by atoms with Gasteiger partial charge >= 0.3 is 156 Å². The predicted octanol–water partition coefficient (Wildman–Crippen LogP) is 3.58. The van der Waals surface area contributed by atoms with E-state index in [2.05, 4.69) is 12.1 Å². The van der Waals surface area contributed by atoms with Crippen LogP contribution >= 0.6 is 11.6 Å². The van der Waals surface area contributed by atoms with E-state index >= 15 is 0 Å². The van der Waals surface area contributed by atoms with Crippen molar-refractivity contribution in [3.05, 3.63) is 76.8 Å². The number of likely N-dealkylation sites (N-methyl/N-ethyl adjacent to an activating group) is 1. The van der Waals surface area contributed by atoms with Gasteiger partial charge in [0.1, 0.15) is 0 Å². The van der Waals surface area contributed by atoms with E-state index in [-0.39, 0.29) is 20.9 Å². The molecule has 0 radical (unpaired) electrons. The first-order valence-corrected chi connectivity index (χ1v) is 10.2.